The number of aryl methyl sites for hydroxylation is 1. The highest BCUT2D eigenvalue weighted by Crippen LogP contribution is 2.14. The number of carbonyl (C=O) groups excluding carboxylic acids is 2. The molecule has 0 radical (unpaired) electrons. The Bertz CT molecular complexity index is 541. The molecule has 0 fully saturated rings. The summed E-state index contributed by atoms with van der Waals surface area (Å²) in [4.78, 5) is 26.8. The van der Waals surface area contributed by atoms with E-state index in [2.05, 4.69) is 10.4 Å². The summed E-state index contributed by atoms with van der Waals surface area (Å²) in [5.74, 6) is 0. The summed E-state index contributed by atoms with van der Waals surface area (Å²) in [6.07, 6.45) is 0.411. The molecule has 0 unspecified atom stereocenters. The zero-order valence-electron chi connectivity index (χ0n) is 13.3. The van der Waals surface area contributed by atoms with Gasteiger partial charge in [0.15, 0.2) is 0 Å². The molecule has 0 aliphatic carbocycles. The van der Waals surface area contributed by atoms with E-state index in [-0.39, 0.29) is 6.03 Å². The molecular weight excluding hydrogens is 286 g/mol. The fraction of sp³-hybridized carbons (Fsp3) is 0.643. The summed E-state index contributed by atoms with van der Waals surface area (Å²) >= 11 is 0. The van der Waals surface area contributed by atoms with Crippen molar-refractivity contribution in [3.05, 3.63) is 17.5 Å². The number of hydrogen-bond acceptors (Lipinski definition) is 4. The smallest absolute Gasteiger partial charge is 0.407 e. The summed E-state index contributed by atoms with van der Waals surface area (Å²) in [6.45, 7) is 4.44. The highest BCUT2D eigenvalue weighted by atomic mass is 16.5. The third-order valence-electron chi connectivity index (χ3n) is 3.41. The van der Waals surface area contributed by atoms with Crippen molar-refractivity contribution in [3.8, 4) is 0 Å². The molecule has 0 spiro atoms. The lowest BCUT2D eigenvalue weighted by Crippen LogP contribution is -2.38. The first-order valence-corrected chi connectivity index (χ1v) is 7.43. The van der Waals surface area contributed by atoms with Gasteiger partial charge in [0.05, 0.1) is 31.1 Å². The van der Waals surface area contributed by atoms with Crippen molar-refractivity contribution in [3.63, 3.8) is 0 Å². The van der Waals surface area contributed by atoms with Crippen LogP contribution < -0.4 is 5.32 Å². The van der Waals surface area contributed by atoms with Crippen molar-refractivity contribution in [2.45, 2.75) is 33.0 Å². The van der Waals surface area contributed by atoms with E-state index in [0.717, 1.165) is 30.9 Å². The van der Waals surface area contributed by atoms with Gasteiger partial charge in [-0.3, -0.25) is 4.68 Å². The van der Waals surface area contributed by atoms with E-state index in [4.69, 9.17) is 4.74 Å². The molecule has 2 rings (SSSR count). The molecular formula is C14H23N5O3. The van der Waals surface area contributed by atoms with Crippen LogP contribution in [0, 0.1) is 0 Å². The van der Waals surface area contributed by atoms with Gasteiger partial charge < -0.3 is 19.9 Å². The molecule has 0 saturated carbocycles. The fourth-order valence-electron chi connectivity index (χ4n) is 2.40. The number of alkyl carbamates (subject to hydrolysis) is 1. The fourth-order valence-corrected chi connectivity index (χ4v) is 2.40. The third kappa shape index (κ3) is 3.90. The van der Waals surface area contributed by atoms with E-state index in [1.54, 1.807) is 25.9 Å². The van der Waals surface area contributed by atoms with Crippen LogP contribution in [0.3, 0.4) is 0 Å². The first-order valence-electron chi connectivity index (χ1n) is 7.43. The molecule has 1 aliphatic rings. The number of nitrogens with one attached hydrogen (secondary N) is 1. The van der Waals surface area contributed by atoms with Gasteiger partial charge in [-0.05, 0) is 19.4 Å². The first-order chi connectivity index (χ1) is 10.5. The molecule has 1 aromatic rings. The second kappa shape index (κ2) is 7.15. The normalized spacial score (nSPS) is 14.0. The molecule has 8 nitrogen and oxygen atoms in total. The number of carbonyl (C=O) groups is 2. The Hall–Kier alpha value is -2.25. The minimum atomic E-state index is -0.449. The standard InChI is InChI=1S/C14H23N5O3/c1-4-22-13(20)15-9-11-8-12-10-18(14(21)17(2)3)6-5-7-19(12)16-11/h8H,4-7,9-10H2,1-3H3,(H,15,20). The van der Waals surface area contributed by atoms with Crippen LogP contribution >= 0.6 is 0 Å². The highest BCUT2D eigenvalue weighted by molar-refractivity contribution is 5.73. The van der Waals surface area contributed by atoms with E-state index in [1.807, 2.05) is 15.6 Å². The van der Waals surface area contributed by atoms with Crippen molar-refractivity contribution >= 4 is 12.1 Å². The minimum Gasteiger partial charge on any atom is -0.450 e. The second-order valence-electron chi connectivity index (χ2n) is 5.38. The van der Waals surface area contributed by atoms with E-state index >= 15 is 0 Å². The molecule has 1 N–H and O–H groups in total. The number of rotatable bonds is 3. The predicted octanol–water partition coefficient (Wildman–Crippen LogP) is 1.02. The van der Waals surface area contributed by atoms with Crippen molar-refractivity contribution < 1.29 is 14.3 Å². The van der Waals surface area contributed by atoms with Crippen molar-refractivity contribution in [2.24, 2.45) is 0 Å². The van der Waals surface area contributed by atoms with E-state index < -0.39 is 6.09 Å². The van der Waals surface area contributed by atoms with Gasteiger partial charge in [0.1, 0.15) is 0 Å². The Morgan fingerprint density at radius 3 is 2.86 bits per heavy atom. The molecule has 1 aliphatic heterocycles. The molecule has 8 heteroatoms. The average Bonchev–Trinajstić information content (AvgIpc) is 2.75. The third-order valence-corrected chi connectivity index (χ3v) is 3.41. The quantitative estimate of drug-likeness (QED) is 0.904. The lowest BCUT2D eigenvalue weighted by molar-refractivity contribution is 0.151. The Labute approximate surface area is 130 Å². The zero-order valence-corrected chi connectivity index (χ0v) is 13.3. The second-order valence-corrected chi connectivity index (χ2v) is 5.38. The molecule has 3 amide bonds. The van der Waals surface area contributed by atoms with E-state index in [1.165, 1.54) is 0 Å². The first kappa shape index (κ1) is 16.1. The van der Waals surface area contributed by atoms with Crippen LogP contribution in [0.2, 0.25) is 0 Å². The van der Waals surface area contributed by atoms with Gasteiger partial charge in [-0.2, -0.15) is 5.10 Å². The Balaban J connectivity index is 2.01. The van der Waals surface area contributed by atoms with Crippen LogP contribution in [0.15, 0.2) is 6.07 Å². The zero-order chi connectivity index (χ0) is 16.1. The van der Waals surface area contributed by atoms with Crippen molar-refractivity contribution in [2.75, 3.05) is 27.2 Å². The molecule has 0 aromatic carbocycles. The lowest BCUT2D eigenvalue weighted by Gasteiger charge is -2.23. The molecule has 122 valence electrons. The maximum atomic E-state index is 12.1. The SMILES string of the molecule is CCOC(=O)NCc1cc2n(n1)CCCN(C(=O)N(C)C)C2. The molecule has 1 aromatic heterocycles. The van der Waals surface area contributed by atoms with Crippen LogP contribution in [0.1, 0.15) is 24.7 Å². The lowest BCUT2D eigenvalue weighted by atomic mass is 10.3. The number of amides is 3. The summed E-state index contributed by atoms with van der Waals surface area (Å²) in [7, 11) is 3.50. The number of fused-ring (bicyclic) bond motifs is 1. The molecule has 0 atom stereocenters. The largest absolute Gasteiger partial charge is 0.450 e. The van der Waals surface area contributed by atoms with Crippen LogP contribution in [0.25, 0.3) is 0 Å². The van der Waals surface area contributed by atoms with Crippen LogP contribution in [-0.2, 0) is 24.4 Å². The van der Waals surface area contributed by atoms with Crippen molar-refractivity contribution in [1.29, 1.82) is 0 Å². The maximum Gasteiger partial charge on any atom is 0.407 e. The Kier molecular flexibility index (Phi) is 5.24. The molecule has 2 heterocycles. The topological polar surface area (TPSA) is 79.7 Å². The summed E-state index contributed by atoms with van der Waals surface area (Å²) in [6, 6.07) is 1.92. The number of aromatic nitrogens is 2. The van der Waals surface area contributed by atoms with Gasteiger partial charge in [-0.15, -0.1) is 0 Å². The van der Waals surface area contributed by atoms with Crippen LogP contribution in [0.4, 0.5) is 9.59 Å². The molecule has 0 saturated heterocycles. The maximum absolute atomic E-state index is 12.1. The van der Waals surface area contributed by atoms with Gasteiger partial charge >= 0.3 is 12.1 Å². The average molecular weight is 309 g/mol. The molecule has 0 bridgehead atoms. The Morgan fingerprint density at radius 1 is 1.41 bits per heavy atom. The number of hydrogen-bond donors (Lipinski definition) is 1. The number of nitrogens with zero attached hydrogens (tertiary/aromatic N) is 4. The summed E-state index contributed by atoms with van der Waals surface area (Å²) in [5.41, 5.74) is 1.75. The van der Waals surface area contributed by atoms with Crippen molar-refractivity contribution in [1.82, 2.24) is 24.9 Å². The Morgan fingerprint density at radius 2 is 2.18 bits per heavy atom. The highest BCUT2D eigenvalue weighted by Gasteiger charge is 2.21. The van der Waals surface area contributed by atoms with Crippen LogP contribution in [0.5, 0.6) is 0 Å². The van der Waals surface area contributed by atoms with Crippen LogP contribution in [-0.4, -0.2) is 59.0 Å². The van der Waals surface area contributed by atoms with Gasteiger partial charge in [0.25, 0.3) is 0 Å². The summed E-state index contributed by atoms with van der Waals surface area (Å²) < 4.78 is 6.73. The van der Waals surface area contributed by atoms with Gasteiger partial charge in [-0.1, -0.05) is 0 Å². The molecule has 22 heavy (non-hydrogen) atoms. The summed E-state index contributed by atoms with van der Waals surface area (Å²) in [5, 5.41) is 7.13. The monoisotopic (exact) mass is 309 g/mol. The van der Waals surface area contributed by atoms with Gasteiger partial charge in [-0.25, -0.2) is 9.59 Å². The number of urea groups is 1. The predicted molar refractivity (Wildman–Crippen MR) is 80.2 cm³/mol. The van der Waals surface area contributed by atoms with E-state index in [0.29, 0.717) is 19.7 Å². The number of ether oxygens (including phenoxy) is 1. The minimum absolute atomic E-state index is 0.000786. The van der Waals surface area contributed by atoms with E-state index in [9.17, 15) is 9.59 Å². The van der Waals surface area contributed by atoms with Gasteiger partial charge in [0, 0.05) is 27.2 Å². The van der Waals surface area contributed by atoms with Gasteiger partial charge in [0.2, 0.25) is 0 Å².